The number of benzene rings is 3. The highest BCUT2D eigenvalue weighted by atomic mass is 32.2. The first kappa shape index (κ1) is 37.4. The third kappa shape index (κ3) is 14.2. The van der Waals surface area contributed by atoms with E-state index in [4.69, 9.17) is 0 Å². The Bertz CT molecular complexity index is 1370. The Morgan fingerprint density at radius 2 is 1.11 bits per heavy atom. The first-order valence-corrected chi connectivity index (χ1v) is 18.7. The van der Waals surface area contributed by atoms with Crippen LogP contribution in [-0.2, 0) is 19.3 Å². The molecule has 1 atom stereocenters. The maximum Gasteiger partial charge on any atom is -0.00234 e. The topological polar surface area (TPSA) is 0 Å². The van der Waals surface area contributed by atoms with E-state index < -0.39 is 0 Å². The summed E-state index contributed by atoms with van der Waals surface area (Å²) >= 11 is 1.99. The lowest BCUT2D eigenvalue weighted by Gasteiger charge is -2.16. The zero-order valence-corrected chi connectivity index (χ0v) is 30.3. The van der Waals surface area contributed by atoms with Crippen molar-refractivity contribution >= 4 is 22.9 Å². The minimum atomic E-state index is 0.605. The second-order valence-electron chi connectivity index (χ2n) is 13.9. The molecule has 246 valence electrons. The van der Waals surface area contributed by atoms with Gasteiger partial charge in [0.05, 0.1) is 0 Å². The third-order valence-electron chi connectivity index (χ3n) is 9.18. The first-order valence-electron chi connectivity index (χ1n) is 17.7. The molecule has 0 aromatic heterocycles. The number of thioether (sulfide) groups is 1. The summed E-state index contributed by atoms with van der Waals surface area (Å²) in [7, 11) is 0. The zero-order chi connectivity index (χ0) is 33.3. The zero-order valence-electron chi connectivity index (χ0n) is 29.5. The van der Waals surface area contributed by atoms with Crippen LogP contribution < -0.4 is 0 Å². The number of rotatable bonds is 22. The fourth-order valence-electron chi connectivity index (χ4n) is 5.85. The normalized spacial score (nSPS) is 11.8. The van der Waals surface area contributed by atoms with Crippen LogP contribution in [-0.4, -0.2) is 5.75 Å². The van der Waals surface area contributed by atoms with Gasteiger partial charge in [-0.15, -0.1) is 11.8 Å². The summed E-state index contributed by atoms with van der Waals surface area (Å²) in [6.45, 7) is 26.2. The molecule has 3 aromatic carbocycles. The van der Waals surface area contributed by atoms with Crippen molar-refractivity contribution in [3.8, 4) is 0 Å². The summed E-state index contributed by atoms with van der Waals surface area (Å²) < 4.78 is 0. The molecule has 46 heavy (non-hydrogen) atoms. The van der Waals surface area contributed by atoms with Crippen molar-refractivity contribution < 1.29 is 0 Å². The fraction of sp³-hybridized carbons (Fsp3) is 0.422. The van der Waals surface area contributed by atoms with Crippen molar-refractivity contribution in [2.75, 3.05) is 5.75 Å². The highest BCUT2D eigenvalue weighted by Gasteiger charge is 2.08. The van der Waals surface area contributed by atoms with Crippen LogP contribution in [0.4, 0.5) is 0 Å². The summed E-state index contributed by atoms with van der Waals surface area (Å²) in [5, 5.41) is 0. The summed E-state index contributed by atoms with van der Waals surface area (Å²) in [6, 6.07) is 26.7. The van der Waals surface area contributed by atoms with Gasteiger partial charge in [0.25, 0.3) is 0 Å². The summed E-state index contributed by atoms with van der Waals surface area (Å²) in [5.41, 5.74) is 11.5. The second-order valence-corrected chi connectivity index (χ2v) is 15.1. The molecule has 0 aliphatic rings. The molecule has 3 aromatic rings. The van der Waals surface area contributed by atoms with Crippen molar-refractivity contribution in [1.82, 2.24) is 0 Å². The van der Waals surface area contributed by atoms with Crippen molar-refractivity contribution in [2.24, 2.45) is 11.8 Å². The van der Waals surface area contributed by atoms with Crippen LogP contribution in [0.25, 0.3) is 11.1 Å². The van der Waals surface area contributed by atoms with Gasteiger partial charge in [0.2, 0.25) is 0 Å². The molecule has 1 heteroatoms. The maximum atomic E-state index is 4.40. The first-order chi connectivity index (χ1) is 22.1. The van der Waals surface area contributed by atoms with E-state index in [1.54, 1.807) is 0 Å². The minimum absolute atomic E-state index is 0.605. The molecule has 0 fully saturated rings. The van der Waals surface area contributed by atoms with Crippen molar-refractivity contribution in [1.29, 1.82) is 0 Å². The van der Waals surface area contributed by atoms with Crippen LogP contribution in [0.5, 0.6) is 0 Å². The predicted octanol–water partition coefficient (Wildman–Crippen LogP) is 13.7. The van der Waals surface area contributed by atoms with Crippen molar-refractivity contribution in [3.63, 3.8) is 0 Å². The lowest BCUT2D eigenvalue weighted by molar-refractivity contribution is 0.489. The average molecular weight is 633 g/mol. The van der Waals surface area contributed by atoms with Gasteiger partial charge in [0, 0.05) is 0 Å². The van der Waals surface area contributed by atoms with E-state index in [1.807, 2.05) is 11.8 Å². The van der Waals surface area contributed by atoms with Gasteiger partial charge in [-0.2, -0.15) is 0 Å². The van der Waals surface area contributed by atoms with Gasteiger partial charge in [-0.05, 0) is 120 Å². The van der Waals surface area contributed by atoms with Crippen LogP contribution in [0.2, 0.25) is 0 Å². The maximum absolute atomic E-state index is 4.40. The predicted molar refractivity (Wildman–Crippen MR) is 210 cm³/mol. The van der Waals surface area contributed by atoms with Crippen molar-refractivity contribution in [2.45, 2.75) is 105 Å². The Balaban J connectivity index is 1.24. The van der Waals surface area contributed by atoms with E-state index in [9.17, 15) is 0 Å². The number of hydrogen-bond donors (Lipinski definition) is 0. The number of hydrogen-bond acceptors (Lipinski definition) is 1. The molecule has 0 aliphatic heterocycles. The lowest BCUT2D eigenvalue weighted by Crippen LogP contribution is -2.01. The standard InChI is InChI=1S/C45H60S/c1-34(2)37(5)31-36(4)15-14-16-40(8)46-30-13-11-9-10-12-17-41-24-28-45(29-25-41)39(7)33-43-22-20-42(21-23-43)32-38(6)44-26-18-35(3)19-27-44/h18-29,34,36H,5-17,30-33H2,1-4H3. The van der Waals surface area contributed by atoms with Gasteiger partial charge in [-0.1, -0.05) is 157 Å². The van der Waals surface area contributed by atoms with Crippen LogP contribution in [0.1, 0.15) is 112 Å². The van der Waals surface area contributed by atoms with E-state index in [2.05, 4.69) is 127 Å². The molecule has 1 unspecified atom stereocenters. The Kier molecular flexibility index (Phi) is 16.5. The highest BCUT2D eigenvalue weighted by Crippen LogP contribution is 2.26. The molecule has 0 amide bonds. The van der Waals surface area contributed by atoms with Gasteiger partial charge in [-0.25, -0.2) is 0 Å². The molecule has 0 nitrogen and oxygen atoms in total. The largest absolute Gasteiger partial charge is 0.131 e. The van der Waals surface area contributed by atoms with E-state index in [0.29, 0.717) is 5.92 Å². The summed E-state index contributed by atoms with van der Waals surface area (Å²) in [6.07, 6.45) is 14.3. The van der Waals surface area contributed by atoms with Crippen LogP contribution in [0, 0.1) is 18.8 Å². The molecule has 0 spiro atoms. The minimum Gasteiger partial charge on any atom is -0.131 e. The van der Waals surface area contributed by atoms with Gasteiger partial charge in [-0.3, -0.25) is 0 Å². The Labute approximate surface area is 287 Å². The van der Waals surface area contributed by atoms with Gasteiger partial charge < -0.3 is 0 Å². The Morgan fingerprint density at radius 1 is 0.609 bits per heavy atom. The SMILES string of the molecule is C=C(CCCC(C)CC(=C)C(C)C)SCCCCCCCc1ccc(C(=C)Cc2ccc(CC(=C)c3ccc(C)cc3)cc2)cc1. The Morgan fingerprint density at radius 3 is 1.67 bits per heavy atom. The molecule has 3 rings (SSSR count). The second kappa shape index (κ2) is 20.3. The van der Waals surface area contributed by atoms with Gasteiger partial charge in [0.1, 0.15) is 0 Å². The van der Waals surface area contributed by atoms with Gasteiger partial charge >= 0.3 is 0 Å². The molecule has 0 saturated carbocycles. The quantitative estimate of drug-likeness (QED) is 0.0784. The summed E-state index contributed by atoms with van der Waals surface area (Å²) in [4.78, 5) is 1.37. The molecule has 0 saturated heterocycles. The average Bonchev–Trinajstić information content (AvgIpc) is 3.03. The molecule has 0 bridgehead atoms. The number of allylic oxidation sites excluding steroid dienone is 4. The van der Waals surface area contributed by atoms with E-state index in [0.717, 1.165) is 37.2 Å². The third-order valence-corrected chi connectivity index (χ3v) is 10.3. The molecular formula is C45H60S. The van der Waals surface area contributed by atoms with E-state index in [1.165, 1.54) is 107 Å². The lowest BCUT2D eigenvalue weighted by atomic mass is 9.91. The van der Waals surface area contributed by atoms with Crippen LogP contribution >= 0.6 is 11.8 Å². The Hall–Kier alpha value is -3.03. The fourth-order valence-corrected chi connectivity index (χ4v) is 6.78. The molecule has 0 aliphatic carbocycles. The van der Waals surface area contributed by atoms with E-state index >= 15 is 0 Å². The molecule has 0 radical (unpaired) electrons. The molecule has 0 N–H and O–H groups in total. The highest BCUT2D eigenvalue weighted by molar-refractivity contribution is 8.03. The smallest absolute Gasteiger partial charge is 0.00234 e. The number of unbranched alkanes of at least 4 members (excludes halogenated alkanes) is 4. The number of aryl methyl sites for hydroxylation is 2. The van der Waals surface area contributed by atoms with Crippen LogP contribution in [0.15, 0.2) is 110 Å². The van der Waals surface area contributed by atoms with E-state index in [-0.39, 0.29) is 0 Å². The van der Waals surface area contributed by atoms with Crippen molar-refractivity contribution in [3.05, 3.63) is 143 Å². The molecule has 0 heterocycles. The molecular weight excluding hydrogens is 573 g/mol. The monoisotopic (exact) mass is 632 g/mol. The van der Waals surface area contributed by atoms with Crippen LogP contribution in [0.3, 0.4) is 0 Å². The summed E-state index contributed by atoms with van der Waals surface area (Å²) in [5.74, 6) is 2.56. The van der Waals surface area contributed by atoms with Gasteiger partial charge in [0.15, 0.2) is 0 Å².